The Kier molecular flexibility index (Phi) is 4.79. The third-order valence-corrected chi connectivity index (χ3v) is 3.88. The van der Waals surface area contributed by atoms with E-state index in [1.54, 1.807) is 0 Å². The van der Waals surface area contributed by atoms with Gasteiger partial charge in [-0.2, -0.15) is 0 Å². The van der Waals surface area contributed by atoms with E-state index in [1.807, 2.05) is 20.8 Å². The molecule has 1 unspecified atom stereocenters. The van der Waals surface area contributed by atoms with Crippen molar-refractivity contribution in [3.05, 3.63) is 11.6 Å². The van der Waals surface area contributed by atoms with Crippen molar-refractivity contribution in [1.29, 1.82) is 0 Å². The van der Waals surface area contributed by atoms with Crippen LogP contribution < -0.4 is 0 Å². The maximum Gasteiger partial charge on any atom is 0.334 e. The molecule has 1 aliphatic carbocycles. The number of allylic oxidation sites excluding steroid dienone is 1. The minimum Gasteiger partial charge on any atom is -0.456 e. The highest BCUT2D eigenvalue weighted by atomic mass is 16.6. The number of hydrogen-bond donors (Lipinski definition) is 0. The molecule has 98 valence electrons. The van der Waals surface area contributed by atoms with Crippen LogP contribution in [0.25, 0.3) is 0 Å². The summed E-state index contributed by atoms with van der Waals surface area (Å²) in [5.41, 5.74) is 0.538. The Labute approximate surface area is 105 Å². The predicted molar refractivity (Wildman–Crippen MR) is 70.7 cm³/mol. The maximum absolute atomic E-state index is 12.0. The summed E-state index contributed by atoms with van der Waals surface area (Å²) in [4.78, 5) is 12.0. The van der Waals surface area contributed by atoms with Gasteiger partial charge in [0.25, 0.3) is 0 Å². The van der Waals surface area contributed by atoms with E-state index < -0.39 is 0 Å². The Morgan fingerprint density at radius 1 is 1.53 bits per heavy atom. The second-order valence-electron chi connectivity index (χ2n) is 6.01. The third kappa shape index (κ3) is 4.18. The molecule has 0 aromatic carbocycles. The molecule has 0 fully saturated rings. The van der Waals surface area contributed by atoms with Crippen LogP contribution in [0.1, 0.15) is 60.3 Å². The molecule has 0 bridgehead atoms. The molecule has 2 nitrogen and oxygen atoms in total. The molecule has 17 heavy (non-hydrogen) atoms. The molecule has 0 saturated heterocycles. The zero-order valence-electron chi connectivity index (χ0n) is 11.9. The third-order valence-electron chi connectivity index (χ3n) is 3.88. The van der Waals surface area contributed by atoms with Crippen LogP contribution in [0.4, 0.5) is 0 Å². The fourth-order valence-electron chi connectivity index (χ4n) is 2.03. The molecule has 1 rings (SSSR count). The Balaban J connectivity index is 2.55. The Hall–Kier alpha value is -0.790. The summed E-state index contributed by atoms with van der Waals surface area (Å²) in [6, 6.07) is 0. The molecule has 0 aromatic rings. The lowest BCUT2D eigenvalue weighted by Gasteiger charge is -2.27. The summed E-state index contributed by atoms with van der Waals surface area (Å²) in [6.07, 6.45) is 5.95. The van der Waals surface area contributed by atoms with Crippen LogP contribution in [0.15, 0.2) is 11.6 Å². The lowest BCUT2D eigenvalue weighted by Crippen LogP contribution is -2.28. The average Bonchev–Trinajstić information content (AvgIpc) is 2.28. The highest BCUT2D eigenvalue weighted by Gasteiger charge is 2.26. The largest absolute Gasteiger partial charge is 0.456 e. The van der Waals surface area contributed by atoms with Crippen LogP contribution >= 0.6 is 0 Å². The van der Waals surface area contributed by atoms with Gasteiger partial charge in [-0.1, -0.05) is 26.8 Å². The molecule has 1 aliphatic rings. The number of ether oxygens (including phenoxy) is 1. The molecule has 2 heteroatoms. The molecule has 0 amide bonds. The smallest absolute Gasteiger partial charge is 0.334 e. The Morgan fingerprint density at radius 3 is 2.59 bits per heavy atom. The molecule has 0 radical (unpaired) electrons. The first kappa shape index (κ1) is 14.3. The topological polar surface area (TPSA) is 26.3 Å². The van der Waals surface area contributed by atoms with Gasteiger partial charge in [-0.25, -0.2) is 4.79 Å². The van der Waals surface area contributed by atoms with Gasteiger partial charge in [0.1, 0.15) is 5.60 Å². The first-order chi connectivity index (χ1) is 7.85. The van der Waals surface area contributed by atoms with Crippen molar-refractivity contribution in [2.45, 2.75) is 65.9 Å². The lowest BCUT2D eigenvalue weighted by molar-refractivity contribution is -0.152. The van der Waals surface area contributed by atoms with Crippen molar-refractivity contribution < 1.29 is 9.53 Å². The van der Waals surface area contributed by atoms with Gasteiger partial charge >= 0.3 is 5.97 Å². The van der Waals surface area contributed by atoms with E-state index in [2.05, 4.69) is 19.9 Å². The summed E-state index contributed by atoms with van der Waals surface area (Å²) < 4.78 is 5.51. The van der Waals surface area contributed by atoms with Crippen molar-refractivity contribution in [2.24, 2.45) is 11.8 Å². The first-order valence-corrected chi connectivity index (χ1v) is 6.78. The highest BCUT2D eigenvalue weighted by Crippen LogP contribution is 2.30. The van der Waals surface area contributed by atoms with Gasteiger partial charge in [0.2, 0.25) is 0 Å². The van der Waals surface area contributed by atoms with Gasteiger partial charge in [-0.05, 0) is 51.4 Å². The van der Waals surface area contributed by atoms with Gasteiger partial charge in [0.15, 0.2) is 0 Å². The van der Waals surface area contributed by atoms with Crippen LogP contribution in [0.3, 0.4) is 0 Å². The quantitative estimate of drug-likeness (QED) is 0.689. The van der Waals surface area contributed by atoms with Gasteiger partial charge in [0.05, 0.1) is 0 Å². The highest BCUT2D eigenvalue weighted by molar-refractivity contribution is 5.88. The average molecular weight is 238 g/mol. The fraction of sp³-hybridized carbons (Fsp3) is 0.800. The minimum atomic E-state index is -0.340. The van der Waals surface area contributed by atoms with Crippen molar-refractivity contribution in [2.75, 3.05) is 0 Å². The standard InChI is InChI=1S/C15H26O2/c1-6-15(4,5)17-14(16)13-9-7-12(8-10-13)11(2)3/h9,11-12H,6-8,10H2,1-5H3. The summed E-state index contributed by atoms with van der Waals surface area (Å²) in [5, 5.41) is 0. The molecule has 0 aliphatic heterocycles. The molecule has 0 heterocycles. The number of carbonyl (C=O) groups excluding carboxylic acids is 1. The minimum absolute atomic E-state index is 0.112. The second-order valence-corrected chi connectivity index (χ2v) is 6.01. The van der Waals surface area contributed by atoms with E-state index in [1.165, 1.54) is 0 Å². The Bertz CT molecular complexity index is 300. The molecule has 1 atom stereocenters. The number of esters is 1. The Morgan fingerprint density at radius 2 is 2.18 bits per heavy atom. The number of rotatable bonds is 4. The molecule has 0 spiro atoms. The van der Waals surface area contributed by atoms with Crippen LogP contribution in [-0.4, -0.2) is 11.6 Å². The summed E-state index contributed by atoms with van der Waals surface area (Å²) in [7, 11) is 0. The van der Waals surface area contributed by atoms with Crippen LogP contribution in [0, 0.1) is 11.8 Å². The van der Waals surface area contributed by atoms with Crippen molar-refractivity contribution in [3.8, 4) is 0 Å². The van der Waals surface area contributed by atoms with Crippen molar-refractivity contribution in [1.82, 2.24) is 0 Å². The molecular weight excluding hydrogens is 212 g/mol. The van der Waals surface area contributed by atoms with Crippen LogP contribution in [0.5, 0.6) is 0 Å². The predicted octanol–water partition coefficient (Wildman–Crippen LogP) is 4.10. The number of hydrogen-bond acceptors (Lipinski definition) is 2. The molecule has 0 aromatic heterocycles. The zero-order chi connectivity index (χ0) is 13.1. The van der Waals surface area contributed by atoms with E-state index in [-0.39, 0.29) is 11.6 Å². The van der Waals surface area contributed by atoms with Gasteiger partial charge < -0.3 is 4.74 Å². The van der Waals surface area contributed by atoms with Gasteiger partial charge in [-0.3, -0.25) is 0 Å². The van der Waals surface area contributed by atoms with Crippen molar-refractivity contribution in [3.63, 3.8) is 0 Å². The SMILES string of the molecule is CCC(C)(C)OC(=O)C1=CCC(C(C)C)CC1. The lowest BCUT2D eigenvalue weighted by atomic mass is 9.82. The monoisotopic (exact) mass is 238 g/mol. The summed E-state index contributed by atoms with van der Waals surface area (Å²) >= 11 is 0. The van der Waals surface area contributed by atoms with Gasteiger partial charge in [-0.15, -0.1) is 0 Å². The summed E-state index contributed by atoms with van der Waals surface area (Å²) in [5.74, 6) is 1.32. The molecular formula is C15H26O2. The van der Waals surface area contributed by atoms with E-state index in [9.17, 15) is 4.79 Å². The summed E-state index contributed by atoms with van der Waals surface area (Å²) in [6.45, 7) is 10.5. The van der Waals surface area contributed by atoms with E-state index in [0.29, 0.717) is 5.92 Å². The molecule has 0 saturated carbocycles. The molecule has 0 N–H and O–H groups in total. The van der Waals surface area contributed by atoms with Gasteiger partial charge in [0, 0.05) is 5.57 Å². The van der Waals surface area contributed by atoms with E-state index >= 15 is 0 Å². The van der Waals surface area contributed by atoms with Crippen LogP contribution in [0.2, 0.25) is 0 Å². The zero-order valence-corrected chi connectivity index (χ0v) is 11.9. The van der Waals surface area contributed by atoms with E-state index in [0.717, 1.165) is 37.2 Å². The normalized spacial score (nSPS) is 21.3. The van der Waals surface area contributed by atoms with Crippen molar-refractivity contribution >= 4 is 5.97 Å². The van der Waals surface area contributed by atoms with E-state index in [4.69, 9.17) is 4.74 Å². The van der Waals surface area contributed by atoms with Crippen LogP contribution in [-0.2, 0) is 9.53 Å². The maximum atomic E-state index is 12.0. The number of carbonyl (C=O) groups is 1. The first-order valence-electron chi connectivity index (χ1n) is 6.78. The fourth-order valence-corrected chi connectivity index (χ4v) is 2.03. The second kappa shape index (κ2) is 5.70.